The Bertz CT molecular complexity index is 835. The second-order valence-electron chi connectivity index (χ2n) is 5.99. The Morgan fingerprint density at radius 2 is 1.46 bits per heavy atom. The van der Waals surface area contributed by atoms with E-state index < -0.39 is 12.1 Å². The number of rotatable bonds is 7. The van der Waals surface area contributed by atoms with Crippen molar-refractivity contribution in [3.05, 3.63) is 101 Å². The zero-order valence-electron chi connectivity index (χ0n) is 14.5. The summed E-state index contributed by atoms with van der Waals surface area (Å²) in [4.78, 5) is 13.1. The van der Waals surface area contributed by atoms with Crippen LogP contribution in [0.2, 0.25) is 5.02 Å². The molecule has 2 atom stereocenters. The zero-order chi connectivity index (χ0) is 18.4. The molecule has 0 aromatic heterocycles. The van der Waals surface area contributed by atoms with Crippen LogP contribution >= 0.6 is 11.6 Å². The molecule has 0 unspecified atom stereocenters. The van der Waals surface area contributed by atoms with Gasteiger partial charge in [0.05, 0.1) is 7.05 Å². The molecular formula is C22H21ClNO2+. The Balaban J connectivity index is 1.97. The molecule has 4 heteroatoms. The molecule has 132 valence electrons. The molecule has 0 aliphatic rings. The molecule has 0 aliphatic carbocycles. The lowest BCUT2D eigenvalue weighted by atomic mass is 9.94. The van der Waals surface area contributed by atoms with Gasteiger partial charge in [-0.25, -0.2) is 0 Å². The molecule has 0 saturated carbocycles. The maximum absolute atomic E-state index is 13.1. The van der Waals surface area contributed by atoms with Crippen molar-refractivity contribution >= 4 is 17.4 Å². The summed E-state index contributed by atoms with van der Waals surface area (Å²) in [6, 6.07) is 25.9. The minimum atomic E-state index is -0.438. The summed E-state index contributed by atoms with van der Waals surface area (Å²) in [6.45, 7) is 0. The van der Waals surface area contributed by atoms with Gasteiger partial charge in [0.2, 0.25) is 5.78 Å². The average Bonchev–Trinajstić information content (AvgIpc) is 2.70. The van der Waals surface area contributed by atoms with Gasteiger partial charge in [0.15, 0.2) is 12.1 Å². The first kappa shape index (κ1) is 18.2. The van der Waals surface area contributed by atoms with Crippen LogP contribution in [0.5, 0.6) is 5.75 Å². The normalized spacial score (nSPS) is 13.0. The number of carbonyl (C=O) groups is 1. The molecule has 0 aliphatic heterocycles. The van der Waals surface area contributed by atoms with Crippen molar-refractivity contribution in [2.24, 2.45) is 0 Å². The van der Waals surface area contributed by atoms with E-state index in [4.69, 9.17) is 16.3 Å². The number of para-hydroxylation sites is 1. The molecule has 0 saturated heterocycles. The van der Waals surface area contributed by atoms with Crippen LogP contribution in [-0.2, 0) is 0 Å². The Hall–Kier alpha value is -2.62. The number of ether oxygens (including phenoxy) is 1. The molecule has 3 rings (SSSR count). The Morgan fingerprint density at radius 1 is 0.885 bits per heavy atom. The summed E-state index contributed by atoms with van der Waals surface area (Å²) in [6.07, 6.45) is -0.438. The summed E-state index contributed by atoms with van der Waals surface area (Å²) in [7, 11) is 1.89. The van der Waals surface area contributed by atoms with Gasteiger partial charge in [-0.05, 0) is 29.8 Å². The molecule has 0 radical (unpaired) electrons. The van der Waals surface area contributed by atoms with Crippen molar-refractivity contribution in [1.82, 2.24) is 0 Å². The lowest BCUT2D eigenvalue weighted by Gasteiger charge is -2.25. The van der Waals surface area contributed by atoms with Crippen molar-refractivity contribution in [2.45, 2.75) is 12.1 Å². The fourth-order valence-electron chi connectivity index (χ4n) is 2.91. The number of hydrogen-bond donors (Lipinski definition) is 1. The molecular weight excluding hydrogens is 346 g/mol. The number of ketones is 1. The van der Waals surface area contributed by atoms with Gasteiger partial charge in [0.1, 0.15) is 5.75 Å². The highest BCUT2D eigenvalue weighted by Crippen LogP contribution is 2.26. The zero-order valence-corrected chi connectivity index (χ0v) is 15.3. The van der Waals surface area contributed by atoms with E-state index in [1.165, 1.54) is 0 Å². The van der Waals surface area contributed by atoms with Crippen LogP contribution < -0.4 is 10.1 Å². The van der Waals surface area contributed by atoms with Gasteiger partial charge in [-0.2, -0.15) is 0 Å². The topological polar surface area (TPSA) is 42.9 Å². The van der Waals surface area contributed by atoms with E-state index in [1.807, 2.05) is 97.3 Å². The molecule has 0 fully saturated rings. The van der Waals surface area contributed by atoms with E-state index in [0.29, 0.717) is 10.6 Å². The Kier molecular flexibility index (Phi) is 6.05. The number of halogens is 1. The molecule has 3 aromatic rings. The highest BCUT2D eigenvalue weighted by atomic mass is 35.5. The summed E-state index contributed by atoms with van der Waals surface area (Å²) in [5, 5.41) is 2.55. The molecule has 2 N–H and O–H groups in total. The quantitative estimate of drug-likeness (QED) is 0.644. The van der Waals surface area contributed by atoms with Crippen molar-refractivity contribution in [3.8, 4) is 5.75 Å². The third-order valence-corrected chi connectivity index (χ3v) is 4.50. The SMILES string of the molecule is C[NH2+][C@H](C(=O)c1ccccc1)[C@H](Oc1ccccc1)c1ccc(Cl)cc1. The summed E-state index contributed by atoms with van der Waals surface area (Å²) < 4.78 is 6.24. The van der Waals surface area contributed by atoms with Crippen LogP contribution in [-0.4, -0.2) is 18.9 Å². The van der Waals surface area contributed by atoms with E-state index in [1.54, 1.807) is 0 Å². The third kappa shape index (κ3) is 4.31. The van der Waals surface area contributed by atoms with Gasteiger partial charge in [0.25, 0.3) is 0 Å². The van der Waals surface area contributed by atoms with Gasteiger partial charge in [-0.3, -0.25) is 4.79 Å². The second-order valence-corrected chi connectivity index (χ2v) is 6.43. The minimum Gasteiger partial charge on any atom is -0.479 e. The summed E-state index contributed by atoms with van der Waals surface area (Å²) in [5.41, 5.74) is 1.58. The van der Waals surface area contributed by atoms with E-state index in [-0.39, 0.29) is 5.78 Å². The number of Topliss-reactive ketones (excluding diaryl/α,β-unsaturated/α-hetero) is 1. The fraction of sp³-hybridized carbons (Fsp3) is 0.136. The monoisotopic (exact) mass is 366 g/mol. The number of nitrogens with two attached hydrogens (primary N) is 1. The second kappa shape index (κ2) is 8.65. The van der Waals surface area contributed by atoms with Crippen LogP contribution in [0.25, 0.3) is 0 Å². The van der Waals surface area contributed by atoms with Crippen LogP contribution in [0.3, 0.4) is 0 Å². The van der Waals surface area contributed by atoms with E-state index in [0.717, 1.165) is 11.3 Å². The van der Waals surface area contributed by atoms with Crippen molar-refractivity contribution in [3.63, 3.8) is 0 Å². The van der Waals surface area contributed by atoms with Crippen LogP contribution in [0, 0.1) is 0 Å². The van der Waals surface area contributed by atoms with Crippen molar-refractivity contribution in [1.29, 1.82) is 0 Å². The maximum Gasteiger partial charge on any atom is 0.224 e. The largest absolute Gasteiger partial charge is 0.479 e. The predicted molar refractivity (Wildman–Crippen MR) is 104 cm³/mol. The molecule has 0 bridgehead atoms. The first-order valence-electron chi connectivity index (χ1n) is 8.55. The first-order valence-corrected chi connectivity index (χ1v) is 8.92. The van der Waals surface area contributed by atoms with Gasteiger partial charge < -0.3 is 10.1 Å². The molecule has 0 spiro atoms. The van der Waals surface area contributed by atoms with Crippen LogP contribution in [0.4, 0.5) is 0 Å². The summed E-state index contributed by atoms with van der Waals surface area (Å²) >= 11 is 6.03. The number of benzene rings is 3. The summed E-state index contributed by atoms with van der Waals surface area (Å²) in [5.74, 6) is 0.754. The number of carbonyl (C=O) groups excluding carboxylic acids is 1. The average molecular weight is 367 g/mol. The number of hydrogen-bond acceptors (Lipinski definition) is 2. The van der Waals surface area contributed by atoms with Gasteiger partial charge >= 0.3 is 0 Å². The molecule has 3 aromatic carbocycles. The predicted octanol–water partition coefficient (Wildman–Crippen LogP) is 3.90. The minimum absolute atomic E-state index is 0.0315. The lowest BCUT2D eigenvalue weighted by molar-refractivity contribution is -0.656. The molecule has 26 heavy (non-hydrogen) atoms. The van der Waals surface area contributed by atoms with Gasteiger partial charge in [-0.1, -0.05) is 72.3 Å². The number of quaternary nitrogens is 1. The van der Waals surface area contributed by atoms with Gasteiger partial charge in [-0.15, -0.1) is 0 Å². The Labute approximate surface area is 158 Å². The van der Waals surface area contributed by atoms with Gasteiger partial charge in [0, 0.05) is 10.6 Å². The fourth-order valence-corrected chi connectivity index (χ4v) is 3.03. The Morgan fingerprint density at radius 3 is 2.04 bits per heavy atom. The molecule has 0 heterocycles. The highest BCUT2D eigenvalue weighted by molar-refractivity contribution is 6.30. The number of likely N-dealkylation sites (N-methyl/N-ethyl adjacent to an activating group) is 1. The first-order chi connectivity index (χ1) is 12.7. The lowest BCUT2D eigenvalue weighted by Crippen LogP contribution is -2.89. The van der Waals surface area contributed by atoms with E-state index >= 15 is 0 Å². The van der Waals surface area contributed by atoms with E-state index in [2.05, 4.69) is 0 Å². The van der Waals surface area contributed by atoms with Crippen molar-refractivity contribution < 1.29 is 14.8 Å². The van der Waals surface area contributed by atoms with Crippen LogP contribution in [0.15, 0.2) is 84.9 Å². The standard InChI is InChI=1S/C22H20ClNO2/c1-24-20(21(25)16-8-4-2-5-9-16)22(17-12-14-18(23)15-13-17)26-19-10-6-3-7-11-19/h2-15,20,22,24H,1H3/p+1/t20-,22-/m1/s1. The molecule has 3 nitrogen and oxygen atoms in total. The maximum atomic E-state index is 13.1. The highest BCUT2D eigenvalue weighted by Gasteiger charge is 2.34. The van der Waals surface area contributed by atoms with E-state index in [9.17, 15) is 4.79 Å². The van der Waals surface area contributed by atoms with Crippen LogP contribution in [0.1, 0.15) is 22.0 Å². The smallest absolute Gasteiger partial charge is 0.224 e. The third-order valence-electron chi connectivity index (χ3n) is 4.25. The molecule has 0 amide bonds. The van der Waals surface area contributed by atoms with Crippen molar-refractivity contribution in [2.75, 3.05) is 7.05 Å².